The van der Waals surface area contributed by atoms with Crippen molar-refractivity contribution in [3.63, 3.8) is 0 Å². The molecular formula is C15H20N4O4S. The number of nitrogens with two attached hydrogens (primary N) is 1. The second-order valence-electron chi connectivity index (χ2n) is 5.70. The van der Waals surface area contributed by atoms with E-state index in [0.29, 0.717) is 37.4 Å². The van der Waals surface area contributed by atoms with Crippen LogP contribution in [0.15, 0.2) is 18.5 Å². The average Bonchev–Trinajstić information content (AvgIpc) is 2.59. The number of fused-ring (bicyclic) bond motifs is 1. The zero-order valence-corrected chi connectivity index (χ0v) is 14.4. The number of aromatic nitrogens is 2. The molecule has 2 heterocycles. The van der Waals surface area contributed by atoms with Crippen LogP contribution >= 0.6 is 0 Å². The maximum Gasteiger partial charge on any atom is 0.212 e. The Labute approximate surface area is 140 Å². The number of hydrogen-bond acceptors (Lipinski definition) is 7. The van der Waals surface area contributed by atoms with Crippen LogP contribution in [-0.4, -0.2) is 50.9 Å². The third-order valence-corrected chi connectivity index (χ3v) is 5.73. The van der Waals surface area contributed by atoms with Gasteiger partial charge in [0.1, 0.15) is 12.1 Å². The first-order valence-electron chi connectivity index (χ1n) is 7.57. The van der Waals surface area contributed by atoms with Crippen molar-refractivity contribution in [2.75, 3.05) is 32.2 Å². The van der Waals surface area contributed by atoms with Crippen molar-refractivity contribution in [2.45, 2.75) is 18.1 Å². The first kappa shape index (κ1) is 16.7. The van der Waals surface area contributed by atoms with E-state index in [9.17, 15) is 8.42 Å². The molecule has 0 bridgehead atoms. The number of sulfonamides is 1. The van der Waals surface area contributed by atoms with Gasteiger partial charge < -0.3 is 14.4 Å². The van der Waals surface area contributed by atoms with Crippen molar-refractivity contribution >= 4 is 26.7 Å². The lowest BCUT2D eigenvalue weighted by Crippen LogP contribution is -2.42. The third-order valence-electron chi connectivity index (χ3n) is 4.33. The van der Waals surface area contributed by atoms with E-state index in [0.717, 1.165) is 16.7 Å². The van der Waals surface area contributed by atoms with Crippen LogP contribution in [0.5, 0.6) is 11.5 Å². The van der Waals surface area contributed by atoms with Crippen LogP contribution in [-0.2, 0) is 10.0 Å². The minimum atomic E-state index is -3.49. The van der Waals surface area contributed by atoms with Gasteiger partial charge in [-0.25, -0.2) is 23.5 Å². The Hall–Kier alpha value is -2.13. The third kappa shape index (κ3) is 3.09. The number of hydrogen-bond donors (Lipinski definition) is 1. The first-order valence-corrected chi connectivity index (χ1v) is 9.18. The molecule has 2 aromatic rings. The maximum atomic E-state index is 11.5. The quantitative estimate of drug-likeness (QED) is 0.871. The summed E-state index contributed by atoms with van der Waals surface area (Å²) in [6.45, 7) is 1.14. The monoisotopic (exact) mass is 352 g/mol. The molecule has 0 atom stereocenters. The van der Waals surface area contributed by atoms with E-state index in [4.69, 9.17) is 14.6 Å². The lowest BCUT2D eigenvalue weighted by Gasteiger charge is -2.32. The maximum absolute atomic E-state index is 11.5. The van der Waals surface area contributed by atoms with Crippen molar-refractivity contribution in [3.8, 4) is 11.5 Å². The van der Waals surface area contributed by atoms with Gasteiger partial charge in [-0.15, -0.1) is 0 Å². The average molecular weight is 352 g/mol. The summed E-state index contributed by atoms with van der Waals surface area (Å²) < 4.78 is 33.7. The van der Waals surface area contributed by atoms with Crippen LogP contribution in [0, 0.1) is 0 Å². The van der Waals surface area contributed by atoms with Crippen LogP contribution in [0.3, 0.4) is 0 Å². The van der Waals surface area contributed by atoms with E-state index in [2.05, 4.69) is 14.9 Å². The predicted octanol–water partition coefficient (Wildman–Crippen LogP) is 0.904. The van der Waals surface area contributed by atoms with E-state index in [1.165, 1.54) is 6.33 Å². The lowest BCUT2D eigenvalue weighted by atomic mass is 10.1. The Bertz CT molecular complexity index is 848. The minimum absolute atomic E-state index is 0.484. The van der Waals surface area contributed by atoms with Gasteiger partial charge in [-0.1, -0.05) is 0 Å². The SMILES string of the molecule is COc1cc2ncnc(N3CCC(S(N)(=O)=O)CC3)c2cc1OC. The summed E-state index contributed by atoms with van der Waals surface area (Å²) in [5.74, 6) is 1.96. The fourth-order valence-electron chi connectivity index (χ4n) is 3.02. The molecule has 0 spiro atoms. The molecule has 2 N–H and O–H groups in total. The second-order valence-corrected chi connectivity index (χ2v) is 7.54. The number of rotatable bonds is 4. The Morgan fingerprint density at radius 2 is 1.75 bits per heavy atom. The summed E-state index contributed by atoms with van der Waals surface area (Å²) in [6, 6.07) is 3.64. The van der Waals surface area contributed by atoms with E-state index in [1.54, 1.807) is 20.3 Å². The minimum Gasteiger partial charge on any atom is -0.493 e. The Balaban J connectivity index is 1.96. The summed E-state index contributed by atoms with van der Waals surface area (Å²) in [6.07, 6.45) is 2.46. The van der Waals surface area contributed by atoms with Gasteiger partial charge in [0.2, 0.25) is 10.0 Å². The first-order chi connectivity index (χ1) is 11.4. The number of anilines is 1. The van der Waals surface area contributed by atoms with Gasteiger partial charge >= 0.3 is 0 Å². The van der Waals surface area contributed by atoms with Crippen LogP contribution in [0.25, 0.3) is 10.9 Å². The van der Waals surface area contributed by atoms with Gasteiger partial charge in [-0.05, 0) is 18.9 Å². The van der Waals surface area contributed by atoms with Gasteiger partial charge in [0.05, 0.1) is 25.0 Å². The predicted molar refractivity (Wildman–Crippen MR) is 91.0 cm³/mol. The molecule has 0 amide bonds. The molecular weight excluding hydrogens is 332 g/mol. The second kappa shape index (κ2) is 6.40. The molecule has 1 aliphatic heterocycles. The number of primary sulfonamides is 1. The number of benzene rings is 1. The van der Waals surface area contributed by atoms with E-state index in [1.807, 2.05) is 6.07 Å². The van der Waals surface area contributed by atoms with Gasteiger partial charge in [-0.2, -0.15) is 0 Å². The molecule has 1 fully saturated rings. The molecule has 130 valence electrons. The van der Waals surface area contributed by atoms with Crippen LogP contribution in [0.2, 0.25) is 0 Å². The normalized spacial score (nSPS) is 16.4. The number of piperidine rings is 1. The largest absolute Gasteiger partial charge is 0.493 e. The van der Waals surface area contributed by atoms with Gasteiger partial charge in [0, 0.05) is 24.5 Å². The fraction of sp³-hybridized carbons (Fsp3) is 0.467. The molecule has 0 unspecified atom stereocenters. The van der Waals surface area contributed by atoms with Crippen molar-refractivity contribution in [3.05, 3.63) is 18.5 Å². The number of nitrogens with zero attached hydrogens (tertiary/aromatic N) is 3. The van der Waals surface area contributed by atoms with Gasteiger partial charge in [0.25, 0.3) is 0 Å². The highest BCUT2D eigenvalue weighted by Gasteiger charge is 2.28. The van der Waals surface area contributed by atoms with Crippen LogP contribution < -0.4 is 19.5 Å². The Kier molecular flexibility index (Phi) is 4.46. The number of ether oxygens (including phenoxy) is 2. The molecule has 8 nitrogen and oxygen atoms in total. The van der Waals surface area contributed by atoms with Crippen molar-refractivity contribution in [1.29, 1.82) is 0 Å². The van der Waals surface area contributed by atoms with Crippen molar-refractivity contribution in [2.24, 2.45) is 5.14 Å². The zero-order valence-electron chi connectivity index (χ0n) is 13.6. The van der Waals surface area contributed by atoms with Gasteiger partial charge in [-0.3, -0.25) is 0 Å². The zero-order chi connectivity index (χ0) is 17.3. The summed E-state index contributed by atoms with van der Waals surface area (Å²) >= 11 is 0. The molecule has 0 radical (unpaired) electrons. The summed E-state index contributed by atoms with van der Waals surface area (Å²) in [5, 5.41) is 5.60. The highest BCUT2D eigenvalue weighted by atomic mass is 32.2. The smallest absolute Gasteiger partial charge is 0.212 e. The molecule has 1 aromatic carbocycles. The molecule has 0 aliphatic carbocycles. The number of methoxy groups -OCH3 is 2. The van der Waals surface area contributed by atoms with Crippen LogP contribution in [0.4, 0.5) is 5.82 Å². The fourth-order valence-corrected chi connectivity index (χ4v) is 3.89. The summed E-state index contributed by atoms with van der Waals surface area (Å²) in [7, 11) is -0.342. The highest BCUT2D eigenvalue weighted by molar-refractivity contribution is 7.89. The summed E-state index contributed by atoms with van der Waals surface area (Å²) in [5.41, 5.74) is 0.742. The van der Waals surface area contributed by atoms with Crippen LogP contribution in [0.1, 0.15) is 12.8 Å². The standard InChI is InChI=1S/C15H20N4O4S/c1-22-13-7-11-12(8-14(13)23-2)17-9-18-15(11)19-5-3-10(4-6-19)24(16,20)21/h7-10H,3-6H2,1-2H3,(H2,16,20,21). The molecule has 0 saturated carbocycles. The highest BCUT2D eigenvalue weighted by Crippen LogP contribution is 2.35. The van der Waals surface area contributed by atoms with E-state index < -0.39 is 15.3 Å². The molecule has 9 heteroatoms. The van der Waals surface area contributed by atoms with Crippen molar-refractivity contribution < 1.29 is 17.9 Å². The van der Waals surface area contributed by atoms with Crippen molar-refractivity contribution in [1.82, 2.24) is 9.97 Å². The topological polar surface area (TPSA) is 108 Å². The molecule has 1 saturated heterocycles. The molecule has 3 rings (SSSR count). The molecule has 1 aromatic heterocycles. The Morgan fingerprint density at radius 1 is 1.12 bits per heavy atom. The molecule has 1 aliphatic rings. The molecule has 24 heavy (non-hydrogen) atoms. The van der Waals surface area contributed by atoms with Gasteiger partial charge in [0.15, 0.2) is 11.5 Å². The summed E-state index contributed by atoms with van der Waals surface area (Å²) in [4.78, 5) is 10.7. The van der Waals surface area contributed by atoms with E-state index in [-0.39, 0.29) is 0 Å². The lowest BCUT2D eigenvalue weighted by molar-refractivity contribution is 0.356. The Morgan fingerprint density at radius 3 is 2.33 bits per heavy atom. The van der Waals surface area contributed by atoms with E-state index >= 15 is 0 Å².